The van der Waals surface area contributed by atoms with Crippen LogP contribution in [-0.2, 0) is 24.3 Å². The molecule has 0 radical (unpaired) electrons. The first-order valence-corrected chi connectivity index (χ1v) is 15.2. The lowest BCUT2D eigenvalue weighted by Crippen LogP contribution is -2.50. The fourth-order valence-corrected chi connectivity index (χ4v) is 8.20. The zero-order valence-corrected chi connectivity index (χ0v) is 23.5. The number of methoxy groups -OCH3 is 1. The predicted octanol–water partition coefficient (Wildman–Crippen LogP) is 3.50. The van der Waals surface area contributed by atoms with Crippen LogP contribution in [0.25, 0.3) is 0 Å². The molecule has 0 spiro atoms. The van der Waals surface area contributed by atoms with Gasteiger partial charge >= 0.3 is 11.9 Å². The molecule has 10 nitrogen and oxygen atoms in total. The van der Waals surface area contributed by atoms with Crippen molar-refractivity contribution in [1.29, 1.82) is 0 Å². The van der Waals surface area contributed by atoms with Gasteiger partial charge in [0.1, 0.15) is 6.04 Å². The van der Waals surface area contributed by atoms with Gasteiger partial charge in [-0.3, -0.25) is 9.79 Å². The maximum atomic E-state index is 14.5. The van der Waals surface area contributed by atoms with Crippen LogP contribution in [0.2, 0.25) is 5.02 Å². The first kappa shape index (κ1) is 28.6. The number of esters is 1. The standard InChI is InChI=1S/C25H25ClF2N4O6S2/c1-38-25(35)17-20(12-4-7-32(8-5-12)40(36,37)14-10-13(11-14)24(33)34)30-22(23-29-6-9-39-23)31-21(17)15-2-3-16(27)19(28)18(15)26/h2-3,6,9,12-14,21H,4-5,7-8,10-11H2,1H3,(H,30,31)(H,33,34)/t13-,14+,21?. The normalized spacial score (nSPS) is 24.2. The number of hydrogen-bond donors (Lipinski definition) is 2. The number of halogens is 3. The van der Waals surface area contributed by atoms with Gasteiger partial charge in [-0.05, 0) is 31.7 Å². The van der Waals surface area contributed by atoms with Crippen LogP contribution in [0.3, 0.4) is 0 Å². The van der Waals surface area contributed by atoms with Crippen molar-refractivity contribution in [2.75, 3.05) is 20.2 Å². The molecule has 1 aromatic heterocycles. The van der Waals surface area contributed by atoms with Crippen LogP contribution < -0.4 is 5.32 Å². The second-order valence-corrected chi connectivity index (χ2v) is 13.3. The number of thiazole rings is 1. The van der Waals surface area contributed by atoms with Crippen LogP contribution in [0.5, 0.6) is 0 Å². The monoisotopic (exact) mass is 614 g/mol. The van der Waals surface area contributed by atoms with Gasteiger partial charge in [-0.25, -0.2) is 31.3 Å². The highest BCUT2D eigenvalue weighted by molar-refractivity contribution is 7.89. The van der Waals surface area contributed by atoms with E-state index in [9.17, 15) is 26.8 Å². The second-order valence-electron chi connectivity index (χ2n) is 9.77. The Morgan fingerprint density at radius 3 is 2.52 bits per heavy atom. The Morgan fingerprint density at radius 2 is 1.93 bits per heavy atom. The van der Waals surface area contributed by atoms with Crippen molar-refractivity contribution in [1.82, 2.24) is 14.6 Å². The SMILES string of the molecule is COC(=O)C1=C(C2CCN(S(=O)(=O)[C@H]3C[C@@H](C(=O)O)C3)CC2)NC(c2nccs2)=NC1c1ccc(F)c(F)c1Cl. The van der Waals surface area contributed by atoms with Gasteiger partial charge in [0.05, 0.1) is 28.9 Å². The summed E-state index contributed by atoms with van der Waals surface area (Å²) >= 11 is 7.48. The second kappa shape index (κ2) is 11.1. The third kappa shape index (κ3) is 5.13. The Kier molecular flexibility index (Phi) is 7.97. The molecule has 15 heteroatoms. The van der Waals surface area contributed by atoms with Gasteiger partial charge in [-0.1, -0.05) is 17.7 Å². The molecule has 1 aromatic carbocycles. The molecule has 1 aliphatic carbocycles. The molecule has 3 aliphatic rings. The van der Waals surface area contributed by atoms with Gasteiger partial charge < -0.3 is 15.2 Å². The topological polar surface area (TPSA) is 138 Å². The van der Waals surface area contributed by atoms with Crippen LogP contribution in [-0.4, -0.2) is 66.0 Å². The van der Waals surface area contributed by atoms with E-state index in [0.29, 0.717) is 29.4 Å². The molecule has 1 saturated carbocycles. The minimum atomic E-state index is -3.68. The number of nitrogens with one attached hydrogen (secondary N) is 1. The van der Waals surface area contributed by atoms with Gasteiger partial charge in [0, 0.05) is 41.8 Å². The molecule has 5 rings (SSSR count). The molecule has 2 fully saturated rings. The number of rotatable bonds is 7. The number of carboxylic acid groups (broad SMARTS) is 1. The van der Waals surface area contributed by atoms with Gasteiger partial charge in [0.15, 0.2) is 22.5 Å². The van der Waals surface area contributed by atoms with Crippen molar-refractivity contribution in [3.05, 3.63) is 62.2 Å². The lowest BCUT2D eigenvalue weighted by atomic mass is 9.85. The van der Waals surface area contributed by atoms with Gasteiger partial charge in [0.2, 0.25) is 10.0 Å². The lowest BCUT2D eigenvalue weighted by molar-refractivity contribution is -0.144. The Hall–Kier alpha value is -2.94. The molecule has 2 aliphatic heterocycles. The Balaban J connectivity index is 1.48. The molecule has 2 N–H and O–H groups in total. The molecule has 1 unspecified atom stereocenters. The molecule has 214 valence electrons. The number of carbonyl (C=O) groups excluding carboxylic acids is 1. The lowest BCUT2D eigenvalue weighted by Gasteiger charge is -2.40. The van der Waals surface area contributed by atoms with Gasteiger partial charge in [-0.15, -0.1) is 11.3 Å². The smallest absolute Gasteiger partial charge is 0.338 e. The fraction of sp³-hybridized carbons (Fsp3) is 0.440. The molecular formula is C25H25ClF2N4O6S2. The number of nitrogens with zero attached hydrogens (tertiary/aromatic N) is 3. The van der Waals surface area contributed by atoms with Crippen LogP contribution in [0.15, 0.2) is 40.0 Å². The van der Waals surface area contributed by atoms with Crippen LogP contribution >= 0.6 is 22.9 Å². The van der Waals surface area contributed by atoms with Gasteiger partial charge in [0.25, 0.3) is 0 Å². The highest BCUT2D eigenvalue weighted by Gasteiger charge is 2.46. The molecule has 3 heterocycles. The van der Waals surface area contributed by atoms with Gasteiger partial charge in [-0.2, -0.15) is 0 Å². The molecule has 40 heavy (non-hydrogen) atoms. The van der Waals surface area contributed by atoms with Crippen LogP contribution in [0, 0.1) is 23.5 Å². The van der Waals surface area contributed by atoms with E-state index >= 15 is 0 Å². The number of aliphatic imine (C=N–C) groups is 1. The zero-order valence-electron chi connectivity index (χ0n) is 21.1. The summed E-state index contributed by atoms with van der Waals surface area (Å²) in [6.07, 6.45) is 2.41. The summed E-state index contributed by atoms with van der Waals surface area (Å²) in [5.74, 6) is -4.86. The fourth-order valence-electron chi connectivity index (χ4n) is 5.27. The maximum absolute atomic E-state index is 14.5. The Bertz CT molecular complexity index is 1500. The average molecular weight is 615 g/mol. The summed E-state index contributed by atoms with van der Waals surface area (Å²) in [6.45, 7) is 0.308. The summed E-state index contributed by atoms with van der Waals surface area (Å²) in [5, 5.41) is 13.3. The number of carbonyl (C=O) groups is 2. The van der Waals surface area contributed by atoms with Crippen LogP contribution in [0.4, 0.5) is 8.78 Å². The molecule has 1 saturated heterocycles. The van der Waals surface area contributed by atoms with E-state index in [1.165, 1.54) is 28.8 Å². The van der Waals surface area contributed by atoms with Crippen molar-refractivity contribution in [2.45, 2.75) is 37.0 Å². The van der Waals surface area contributed by atoms with Crippen LogP contribution in [0.1, 0.15) is 42.3 Å². The largest absolute Gasteiger partial charge is 0.481 e. The summed E-state index contributed by atoms with van der Waals surface area (Å²) in [7, 11) is -2.49. The number of amidine groups is 1. The molecule has 0 amide bonds. The van der Waals surface area contributed by atoms with E-state index in [1.807, 2.05) is 0 Å². The first-order chi connectivity index (χ1) is 19.0. The van der Waals surface area contributed by atoms with E-state index in [-0.39, 0.29) is 43.0 Å². The number of ether oxygens (including phenoxy) is 1. The van der Waals surface area contributed by atoms with E-state index < -0.39 is 55.8 Å². The number of piperidine rings is 1. The number of allylic oxidation sites excluding steroid dienone is 1. The highest BCUT2D eigenvalue weighted by atomic mass is 35.5. The number of benzene rings is 1. The Morgan fingerprint density at radius 1 is 1.23 bits per heavy atom. The van der Waals surface area contributed by atoms with Crippen molar-refractivity contribution in [2.24, 2.45) is 16.8 Å². The van der Waals surface area contributed by atoms with Crippen molar-refractivity contribution in [3.63, 3.8) is 0 Å². The number of sulfonamides is 1. The molecule has 1 atom stereocenters. The predicted molar refractivity (Wildman–Crippen MR) is 142 cm³/mol. The summed E-state index contributed by atoms with van der Waals surface area (Å²) in [5.41, 5.74) is 0.539. The van der Waals surface area contributed by atoms with E-state index in [0.717, 1.165) is 6.07 Å². The Labute approximate surface area is 237 Å². The first-order valence-electron chi connectivity index (χ1n) is 12.4. The third-order valence-corrected chi connectivity index (χ3v) is 11.0. The minimum absolute atomic E-state index is 0.0558. The summed E-state index contributed by atoms with van der Waals surface area (Å²) < 4.78 is 61.0. The zero-order chi connectivity index (χ0) is 28.8. The minimum Gasteiger partial charge on any atom is -0.481 e. The van der Waals surface area contributed by atoms with E-state index in [2.05, 4.69) is 15.3 Å². The summed E-state index contributed by atoms with van der Waals surface area (Å²) in [6, 6.07) is 1.03. The molecular weight excluding hydrogens is 590 g/mol. The average Bonchev–Trinajstić information content (AvgIpc) is 3.45. The highest BCUT2D eigenvalue weighted by Crippen LogP contribution is 2.42. The maximum Gasteiger partial charge on any atom is 0.338 e. The van der Waals surface area contributed by atoms with E-state index in [4.69, 9.17) is 21.4 Å². The van der Waals surface area contributed by atoms with E-state index in [1.54, 1.807) is 11.6 Å². The number of carboxylic acids is 1. The number of aromatic nitrogens is 1. The summed E-state index contributed by atoms with van der Waals surface area (Å²) in [4.78, 5) is 33.2. The number of aliphatic carboxylic acids is 1. The quantitative estimate of drug-likeness (QED) is 0.357. The molecule has 0 bridgehead atoms. The van der Waals surface area contributed by atoms with Crippen molar-refractivity contribution in [3.8, 4) is 0 Å². The third-order valence-electron chi connectivity index (χ3n) is 7.56. The van der Waals surface area contributed by atoms with Crippen molar-refractivity contribution >= 4 is 50.7 Å². The molecule has 2 aromatic rings. The number of hydrogen-bond acceptors (Lipinski definition) is 9. The van der Waals surface area contributed by atoms with Crippen molar-refractivity contribution < 1.29 is 36.6 Å².